The molecular formula is C13H15NO3S. The molecule has 2 saturated heterocycles. The molecule has 0 aromatic heterocycles. The van der Waals surface area contributed by atoms with Gasteiger partial charge in [-0.2, -0.15) is 4.31 Å². The summed E-state index contributed by atoms with van der Waals surface area (Å²) in [6.45, 7) is 0.500. The number of terminal acetylenes is 1. The zero-order chi connectivity index (χ0) is 12.8. The van der Waals surface area contributed by atoms with Crippen LogP contribution in [0, 0.1) is 24.2 Å². The van der Waals surface area contributed by atoms with Crippen LogP contribution in [0.15, 0.2) is 12.2 Å². The van der Waals surface area contributed by atoms with Gasteiger partial charge in [-0.1, -0.05) is 18.1 Å². The van der Waals surface area contributed by atoms with E-state index in [1.54, 1.807) is 0 Å². The van der Waals surface area contributed by atoms with Gasteiger partial charge >= 0.3 is 0 Å². The van der Waals surface area contributed by atoms with Crippen LogP contribution in [0.4, 0.5) is 0 Å². The monoisotopic (exact) mass is 265 g/mol. The average Bonchev–Trinajstić information content (AvgIpc) is 2.86. The minimum Gasteiger partial charge on any atom is -0.375 e. The molecule has 3 fully saturated rings. The lowest BCUT2D eigenvalue weighted by molar-refractivity contribution is -0.0957. The maximum Gasteiger partial charge on any atom is 0.218 e. The van der Waals surface area contributed by atoms with Gasteiger partial charge < -0.3 is 5.11 Å². The first-order chi connectivity index (χ1) is 8.48. The van der Waals surface area contributed by atoms with Crippen LogP contribution in [0.3, 0.4) is 0 Å². The fraction of sp³-hybridized carbons (Fsp3) is 0.692. The molecule has 0 radical (unpaired) electrons. The summed E-state index contributed by atoms with van der Waals surface area (Å²) in [5.74, 6) is 2.17. The van der Waals surface area contributed by atoms with Gasteiger partial charge in [-0.05, 0) is 19.3 Å². The summed E-state index contributed by atoms with van der Waals surface area (Å²) in [6.07, 6.45) is 11.4. The zero-order valence-electron chi connectivity index (χ0n) is 9.91. The molecule has 18 heavy (non-hydrogen) atoms. The van der Waals surface area contributed by atoms with Crippen LogP contribution in [0.5, 0.6) is 0 Å². The SMILES string of the molecule is C#C[C@]1(O)[C@@H]2C=C[C@H]3[C@@H](C2)S(=O)(=O)N2CCC[C@]321. The predicted molar refractivity (Wildman–Crippen MR) is 65.9 cm³/mol. The number of aliphatic hydroxyl groups is 1. The summed E-state index contributed by atoms with van der Waals surface area (Å²) < 4.78 is 26.6. The second-order valence-electron chi connectivity index (χ2n) is 5.85. The van der Waals surface area contributed by atoms with Crippen LogP contribution >= 0.6 is 0 Å². The van der Waals surface area contributed by atoms with Crippen molar-refractivity contribution >= 4 is 10.0 Å². The van der Waals surface area contributed by atoms with Gasteiger partial charge in [0, 0.05) is 18.4 Å². The smallest absolute Gasteiger partial charge is 0.218 e. The lowest BCUT2D eigenvalue weighted by Crippen LogP contribution is -2.68. The number of hydrogen-bond donors (Lipinski definition) is 1. The Morgan fingerprint density at radius 1 is 1.44 bits per heavy atom. The van der Waals surface area contributed by atoms with Gasteiger partial charge in [0.15, 0.2) is 5.60 Å². The van der Waals surface area contributed by atoms with Crippen LogP contribution in [-0.2, 0) is 10.0 Å². The Balaban J connectivity index is 2.07. The third-order valence-electron chi connectivity index (χ3n) is 5.46. The van der Waals surface area contributed by atoms with E-state index in [1.807, 2.05) is 12.2 Å². The first-order valence-electron chi connectivity index (χ1n) is 6.38. The fourth-order valence-electron chi connectivity index (χ4n) is 4.79. The molecule has 0 aromatic carbocycles. The van der Waals surface area contributed by atoms with E-state index in [9.17, 15) is 13.5 Å². The summed E-state index contributed by atoms with van der Waals surface area (Å²) >= 11 is 0. The van der Waals surface area contributed by atoms with E-state index < -0.39 is 21.2 Å². The summed E-state index contributed by atoms with van der Waals surface area (Å²) in [6, 6.07) is 0. The number of sulfonamides is 1. The molecule has 5 aliphatic rings. The highest BCUT2D eigenvalue weighted by Crippen LogP contribution is 2.63. The van der Waals surface area contributed by atoms with Crippen molar-refractivity contribution in [1.29, 1.82) is 0 Å². The molecule has 0 aromatic rings. The van der Waals surface area contributed by atoms with Crippen molar-refractivity contribution in [2.75, 3.05) is 6.54 Å². The molecule has 2 aliphatic heterocycles. The number of hydrogen-bond acceptors (Lipinski definition) is 3. The summed E-state index contributed by atoms with van der Waals surface area (Å²) in [4.78, 5) is 0. The van der Waals surface area contributed by atoms with Crippen LogP contribution in [0.1, 0.15) is 19.3 Å². The highest BCUT2D eigenvalue weighted by Gasteiger charge is 2.76. The van der Waals surface area contributed by atoms with E-state index in [4.69, 9.17) is 6.42 Å². The van der Waals surface area contributed by atoms with Gasteiger partial charge in [-0.15, -0.1) is 6.42 Å². The van der Waals surface area contributed by atoms with Crippen molar-refractivity contribution in [2.24, 2.45) is 11.8 Å². The van der Waals surface area contributed by atoms with Crippen molar-refractivity contribution in [3.63, 3.8) is 0 Å². The second kappa shape index (κ2) is 2.84. The van der Waals surface area contributed by atoms with Gasteiger partial charge in [-0.25, -0.2) is 8.42 Å². The van der Waals surface area contributed by atoms with Crippen molar-refractivity contribution in [3.8, 4) is 12.3 Å². The highest BCUT2D eigenvalue weighted by atomic mass is 32.2. The Labute approximate surface area is 107 Å². The number of nitrogens with zero attached hydrogens (tertiary/aromatic N) is 1. The Hall–Kier alpha value is -0.830. The van der Waals surface area contributed by atoms with Gasteiger partial charge in [0.2, 0.25) is 10.0 Å². The fourth-order valence-corrected chi connectivity index (χ4v) is 7.45. The van der Waals surface area contributed by atoms with E-state index in [1.165, 1.54) is 4.31 Å². The summed E-state index contributed by atoms with van der Waals surface area (Å²) in [7, 11) is -3.30. The molecule has 5 atom stereocenters. The minimum absolute atomic E-state index is 0.143. The average molecular weight is 265 g/mol. The van der Waals surface area contributed by atoms with Crippen LogP contribution < -0.4 is 0 Å². The van der Waals surface area contributed by atoms with Crippen molar-refractivity contribution in [1.82, 2.24) is 4.31 Å². The zero-order valence-corrected chi connectivity index (χ0v) is 10.7. The lowest BCUT2D eigenvalue weighted by Gasteiger charge is -2.54. The molecule has 3 aliphatic carbocycles. The van der Waals surface area contributed by atoms with Gasteiger partial charge in [0.1, 0.15) is 0 Å². The maximum absolute atomic E-state index is 12.6. The van der Waals surface area contributed by atoms with E-state index in [-0.39, 0.29) is 17.1 Å². The number of rotatable bonds is 0. The molecular weight excluding hydrogens is 250 g/mol. The standard InChI is InChI=1S/C13H15NO3S/c1-2-13(15)9-4-5-10-11(8-9)18(16,17)14-7-3-6-12(10,13)14/h1,4-5,9-11,15H,3,6-8H2/t9-,10+,11-,12-,13+/m1/s1. The Morgan fingerprint density at radius 3 is 2.94 bits per heavy atom. The molecule has 4 bridgehead atoms. The van der Waals surface area contributed by atoms with Gasteiger partial charge in [0.05, 0.1) is 10.8 Å². The first kappa shape index (κ1) is 11.0. The minimum atomic E-state index is -3.30. The van der Waals surface area contributed by atoms with E-state index >= 15 is 0 Å². The van der Waals surface area contributed by atoms with Crippen LogP contribution in [0.25, 0.3) is 0 Å². The third-order valence-corrected chi connectivity index (χ3v) is 7.83. The highest BCUT2D eigenvalue weighted by molar-refractivity contribution is 7.90. The Bertz CT molecular complexity index is 604. The molecule has 5 heteroatoms. The van der Waals surface area contributed by atoms with Crippen molar-refractivity contribution < 1.29 is 13.5 Å². The summed E-state index contributed by atoms with van der Waals surface area (Å²) in [5, 5.41) is 10.6. The topological polar surface area (TPSA) is 57.6 Å². The van der Waals surface area contributed by atoms with Gasteiger partial charge in [0.25, 0.3) is 0 Å². The van der Waals surface area contributed by atoms with E-state index in [0.717, 1.165) is 6.42 Å². The molecule has 1 N–H and O–H groups in total. The molecule has 2 heterocycles. The Morgan fingerprint density at radius 2 is 2.22 bits per heavy atom. The molecule has 0 unspecified atom stereocenters. The molecule has 0 amide bonds. The molecule has 5 rings (SSSR count). The molecule has 96 valence electrons. The normalized spacial score (nSPS) is 55.4. The first-order valence-corrected chi connectivity index (χ1v) is 7.89. The van der Waals surface area contributed by atoms with E-state index in [0.29, 0.717) is 19.4 Å². The quantitative estimate of drug-likeness (QED) is 0.499. The predicted octanol–water partition coefficient (Wildman–Crippen LogP) is 0.103. The van der Waals surface area contributed by atoms with Gasteiger partial charge in [-0.3, -0.25) is 0 Å². The largest absolute Gasteiger partial charge is 0.375 e. The lowest BCUT2D eigenvalue weighted by atomic mass is 9.54. The van der Waals surface area contributed by atoms with Crippen LogP contribution in [-0.4, -0.2) is 40.8 Å². The summed E-state index contributed by atoms with van der Waals surface area (Å²) in [5.41, 5.74) is -2.09. The Kier molecular flexibility index (Phi) is 1.74. The second-order valence-corrected chi connectivity index (χ2v) is 7.92. The van der Waals surface area contributed by atoms with Crippen LogP contribution in [0.2, 0.25) is 0 Å². The van der Waals surface area contributed by atoms with E-state index in [2.05, 4.69) is 5.92 Å². The third kappa shape index (κ3) is 0.814. The van der Waals surface area contributed by atoms with Crippen molar-refractivity contribution in [3.05, 3.63) is 12.2 Å². The maximum atomic E-state index is 12.6. The molecule has 4 nitrogen and oxygen atoms in total. The molecule has 1 saturated carbocycles. The van der Waals surface area contributed by atoms with Crippen molar-refractivity contribution in [2.45, 2.75) is 35.7 Å². The molecule has 1 spiro atoms.